The van der Waals surface area contributed by atoms with Gasteiger partial charge in [0.25, 0.3) is 11.8 Å². The van der Waals surface area contributed by atoms with E-state index < -0.39 is 11.8 Å². The van der Waals surface area contributed by atoms with Crippen molar-refractivity contribution in [3.63, 3.8) is 0 Å². The molecule has 26 heavy (non-hydrogen) atoms. The number of carbonyl (C=O) groups is 2. The van der Waals surface area contributed by atoms with Crippen LogP contribution in [0, 0.1) is 5.92 Å². The summed E-state index contributed by atoms with van der Waals surface area (Å²) < 4.78 is 11.5. The van der Waals surface area contributed by atoms with E-state index in [1.165, 1.54) is 7.11 Å². The van der Waals surface area contributed by atoms with E-state index in [0.29, 0.717) is 38.8 Å². The summed E-state index contributed by atoms with van der Waals surface area (Å²) in [6.45, 7) is 4.80. The molecule has 0 unspecified atom stereocenters. The van der Waals surface area contributed by atoms with E-state index in [4.69, 9.17) is 21.1 Å². The number of amides is 2. The second-order valence-electron chi connectivity index (χ2n) is 5.91. The lowest BCUT2D eigenvalue weighted by Crippen LogP contribution is -2.41. The molecule has 6 nitrogen and oxygen atoms in total. The molecule has 2 aromatic rings. The maximum absolute atomic E-state index is 12.2. The molecule has 0 fully saturated rings. The Balaban J connectivity index is 1.96. The Morgan fingerprint density at radius 3 is 2.46 bits per heavy atom. The Labute approximate surface area is 161 Å². The van der Waals surface area contributed by atoms with Gasteiger partial charge in [-0.1, -0.05) is 25.4 Å². The van der Waals surface area contributed by atoms with Gasteiger partial charge in [0.1, 0.15) is 0 Å². The zero-order valence-electron chi connectivity index (χ0n) is 14.8. The molecule has 1 aromatic carbocycles. The number of hydrazine groups is 1. The molecule has 2 rings (SSSR count). The van der Waals surface area contributed by atoms with Gasteiger partial charge >= 0.3 is 0 Å². The van der Waals surface area contributed by atoms with Crippen molar-refractivity contribution in [2.24, 2.45) is 5.92 Å². The maximum Gasteiger partial charge on any atom is 0.279 e. The molecule has 2 N–H and O–H groups in total. The largest absolute Gasteiger partial charge is 0.493 e. The molecule has 8 heteroatoms. The Kier molecular flexibility index (Phi) is 7.29. The van der Waals surface area contributed by atoms with Crippen molar-refractivity contribution in [1.82, 2.24) is 10.9 Å². The molecule has 0 spiro atoms. The van der Waals surface area contributed by atoms with E-state index in [0.717, 1.165) is 17.8 Å². The molecular weight excluding hydrogens is 376 g/mol. The van der Waals surface area contributed by atoms with Crippen LogP contribution in [0.25, 0.3) is 0 Å². The van der Waals surface area contributed by atoms with E-state index in [9.17, 15) is 9.59 Å². The minimum Gasteiger partial charge on any atom is -0.493 e. The summed E-state index contributed by atoms with van der Waals surface area (Å²) in [7, 11) is 1.51. The lowest BCUT2D eigenvalue weighted by Gasteiger charge is -2.13. The van der Waals surface area contributed by atoms with Gasteiger partial charge in [-0.2, -0.15) is 0 Å². The van der Waals surface area contributed by atoms with Gasteiger partial charge < -0.3 is 9.47 Å². The topological polar surface area (TPSA) is 76.7 Å². The summed E-state index contributed by atoms with van der Waals surface area (Å²) in [6.07, 6.45) is 0.921. The van der Waals surface area contributed by atoms with E-state index >= 15 is 0 Å². The van der Waals surface area contributed by atoms with Crippen LogP contribution in [0.5, 0.6) is 11.5 Å². The van der Waals surface area contributed by atoms with Gasteiger partial charge in [0.15, 0.2) is 11.5 Å². The van der Waals surface area contributed by atoms with Gasteiger partial charge in [0, 0.05) is 5.56 Å². The first-order chi connectivity index (χ1) is 12.4. The molecule has 0 aliphatic rings. The lowest BCUT2D eigenvalue weighted by molar-refractivity contribution is 0.0848. The van der Waals surface area contributed by atoms with Crippen LogP contribution in [-0.2, 0) is 0 Å². The zero-order chi connectivity index (χ0) is 19.1. The van der Waals surface area contributed by atoms with Gasteiger partial charge in [-0.3, -0.25) is 20.4 Å². The minimum absolute atomic E-state index is 0.336. The average Bonchev–Trinajstić information content (AvgIpc) is 3.05. The predicted octanol–water partition coefficient (Wildman–Crippen LogP) is 3.91. The van der Waals surface area contributed by atoms with Crippen LogP contribution in [0.15, 0.2) is 30.3 Å². The van der Waals surface area contributed by atoms with Crippen LogP contribution >= 0.6 is 22.9 Å². The van der Waals surface area contributed by atoms with Crippen LogP contribution in [0.2, 0.25) is 4.34 Å². The Hall–Kier alpha value is -2.25. The van der Waals surface area contributed by atoms with Gasteiger partial charge in [-0.05, 0) is 42.7 Å². The van der Waals surface area contributed by atoms with Crippen LogP contribution in [-0.4, -0.2) is 25.5 Å². The quantitative estimate of drug-likeness (QED) is 0.695. The molecular formula is C18H21ClN2O4S. The number of ether oxygens (including phenoxy) is 2. The fourth-order valence-corrected chi connectivity index (χ4v) is 2.95. The third kappa shape index (κ3) is 5.64. The molecule has 0 aliphatic carbocycles. The third-order valence-electron chi connectivity index (χ3n) is 3.47. The normalized spacial score (nSPS) is 10.5. The molecule has 1 aromatic heterocycles. The molecule has 0 bridgehead atoms. The van der Waals surface area contributed by atoms with Gasteiger partial charge in [-0.25, -0.2) is 0 Å². The summed E-state index contributed by atoms with van der Waals surface area (Å²) in [5, 5.41) is 0. The highest BCUT2D eigenvalue weighted by molar-refractivity contribution is 7.17. The van der Waals surface area contributed by atoms with Crippen molar-refractivity contribution >= 4 is 34.8 Å². The lowest BCUT2D eigenvalue weighted by atomic mass is 10.1. The van der Waals surface area contributed by atoms with Crippen LogP contribution in [0.3, 0.4) is 0 Å². The number of thiophene rings is 1. The Morgan fingerprint density at radius 1 is 1.12 bits per heavy atom. The number of methoxy groups -OCH3 is 1. The number of hydrogen-bond donors (Lipinski definition) is 2. The first-order valence-corrected chi connectivity index (χ1v) is 9.27. The van der Waals surface area contributed by atoms with Crippen molar-refractivity contribution in [2.45, 2.75) is 20.3 Å². The number of hydrogen-bond acceptors (Lipinski definition) is 5. The van der Waals surface area contributed by atoms with Crippen LogP contribution in [0.4, 0.5) is 0 Å². The maximum atomic E-state index is 12.2. The smallest absolute Gasteiger partial charge is 0.279 e. The molecule has 0 radical (unpaired) electrons. The van der Waals surface area contributed by atoms with E-state index in [2.05, 4.69) is 24.7 Å². The highest BCUT2D eigenvalue weighted by atomic mass is 35.5. The summed E-state index contributed by atoms with van der Waals surface area (Å²) in [5.41, 5.74) is 5.05. The van der Waals surface area contributed by atoms with Crippen molar-refractivity contribution in [3.05, 3.63) is 45.1 Å². The van der Waals surface area contributed by atoms with Crippen LogP contribution < -0.4 is 20.3 Å². The van der Waals surface area contributed by atoms with E-state index in [-0.39, 0.29) is 0 Å². The molecule has 0 atom stereocenters. The number of halogens is 1. The predicted molar refractivity (Wildman–Crippen MR) is 102 cm³/mol. The molecule has 2 amide bonds. The fourth-order valence-electron chi connectivity index (χ4n) is 2.02. The Morgan fingerprint density at radius 2 is 1.85 bits per heavy atom. The molecule has 0 saturated carbocycles. The first kappa shape index (κ1) is 20.1. The molecule has 1 heterocycles. The zero-order valence-corrected chi connectivity index (χ0v) is 16.4. The highest BCUT2D eigenvalue weighted by Crippen LogP contribution is 2.28. The summed E-state index contributed by atoms with van der Waals surface area (Å²) in [4.78, 5) is 24.6. The van der Waals surface area contributed by atoms with E-state index in [1.54, 1.807) is 30.3 Å². The average molecular weight is 397 g/mol. The van der Waals surface area contributed by atoms with Crippen molar-refractivity contribution in [2.75, 3.05) is 13.7 Å². The second-order valence-corrected chi connectivity index (χ2v) is 7.62. The third-order valence-corrected chi connectivity index (χ3v) is 4.70. The summed E-state index contributed by atoms with van der Waals surface area (Å²) in [5.74, 6) is 0.663. The second kappa shape index (κ2) is 9.45. The summed E-state index contributed by atoms with van der Waals surface area (Å²) >= 11 is 6.92. The SMILES string of the molecule is COc1cc(C(=O)NNC(=O)c2ccc(Cl)s2)ccc1OCCC(C)C. The number of benzene rings is 1. The van der Waals surface area contributed by atoms with Crippen molar-refractivity contribution in [3.8, 4) is 11.5 Å². The van der Waals surface area contributed by atoms with Gasteiger partial charge in [0.05, 0.1) is 22.9 Å². The number of carbonyl (C=O) groups excluding carboxylic acids is 2. The highest BCUT2D eigenvalue weighted by Gasteiger charge is 2.14. The standard InChI is InChI=1S/C18H21ClN2O4S/c1-11(2)8-9-25-13-5-4-12(10-14(13)24-3)17(22)20-21-18(23)15-6-7-16(19)26-15/h4-7,10-11H,8-9H2,1-3H3,(H,20,22)(H,21,23). The van der Waals surface area contributed by atoms with Crippen molar-refractivity contribution < 1.29 is 19.1 Å². The summed E-state index contributed by atoms with van der Waals surface area (Å²) in [6, 6.07) is 8.05. The van der Waals surface area contributed by atoms with Gasteiger partial charge in [0.2, 0.25) is 0 Å². The number of nitrogens with one attached hydrogen (secondary N) is 2. The van der Waals surface area contributed by atoms with Gasteiger partial charge in [-0.15, -0.1) is 11.3 Å². The minimum atomic E-state index is -0.465. The monoisotopic (exact) mass is 396 g/mol. The van der Waals surface area contributed by atoms with Crippen molar-refractivity contribution in [1.29, 1.82) is 0 Å². The number of rotatable bonds is 7. The first-order valence-electron chi connectivity index (χ1n) is 8.07. The molecule has 140 valence electrons. The Bertz CT molecular complexity index is 776. The van der Waals surface area contributed by atoms with E-state index in [1.807, 2.05) is 0 Å². The van der Waals surface area contributed by atoms with Crippen LogP contribution in [0.1, 0.15) is 40.3 Å². The molecule has 0 saturated heterocycles. The molecule has 0 aliphatic heterocycles. The fraction of sp³-hybridized carbons (Fsp3) is 0.333.